The molecule has 1 aliphatic rings. The van der Waals surface area contributed by atoms with Gasteiger partial charge in [-0.05, 0) is 51.3 Å². The molecule has 0 aliphatic carbocycles. The van der Waals surface area contributed by atoms with E-state index >= 15 is 0 Å². The fourth-order valence-electron chi connectivity index (χ4n) is 3.00. The van der Waals surface area contributed by atoms with Crippen LogP contribution in [0.2, 0.25) is 5.02 Å². The number of carbonyl (C=O) groups excluding carboxylic acids is 2. The molecule has 1 aromatic carbocycles. The highest BCUT2D eigenvalue weighted by Gasteiger charge is 2.30. The van der Waals surface area contributed by atoms with Crippen LogP contribution in [0.15, 0.2) is 24.3 Å². The van der Waals surface area contributed by atoms with Crippen molar-refractivity contribution in [3.05, 3.63) is 34.9 Å². The number of hydrogen-bond acceptors (Lipinski definition) is 4. The standard InChI is InChI=1S/C19H27ClN2O4/c1-19(2,3)26-17(23)21-11-5-6-16(14-7-9-15(20)10-8-14)22(13-12-21)18(24)25-4/h7-10,16H,5-6,11-13H2,1-4H3/t16-/m0/s1. The summed E-state index contributed by atoms with van der Waals surface area (Å²) in [7, 11) is 1.37. The molecule has 6 nitrogen and oxygen atoms in total. The molecule has 1 fully saturated rings. The summed E-state index contributed by atoms with van der Waals surface area (Å²) < 4.78 is 10.4. The molecular formula is C19H27ClN2O4. The average molecular weight is 383 g/mol. The van der Waals surface area contributed by atoms with E-state index in [1.165, 1.54) is 7.11 Å². The highest BCUT2D eigenvalue weighted by atomic mass is 35.5. The van der Waals surface area contributed by atoms with Crippen molar-refractivity contribution in [2.24, 2.45) is 0 Å². The van der Waals surface area contributed by atoms with Gasteiger partial charge >= 0.3 is 12.2 Å². The van der Waals surface area contributed by atoms with E-state index in [1.807, 2.05) is 45.0 Å². The molecule has 0 radical (unpaired) electrons. The van der Waals surface area contributed by atoms with Gasteiger partial charge in [0.1, 0.15) is 5.60 Å². The summed E-state index contributed by atoms with van der Waals surface area (Å²) in [5, 5.41) is 0.653. The Bertz CT molecular complexity index is 627. The van der Waals surface area contributed by atoms with Crippen LogP contribution in [0, 0.1) is 0 Å². The zero-order valence-electron chi connectivity index (χ0n) is 15.8. The molecule has 2 amide bonds. The van der Waals surface area contributed by atoms with E-state index in [9.17, 15) is 9.59 Å². The summed E-state index contributed by atoms with van der Waals surface area (Å²) in [6.45, 7) is 6.88. The monoisotopic (exact) mass is 382 g/mol. The maximum atomic E-state index is 12.4. The van der Waals surface area contributed by atoms with Crippen molar-refractivity contribution in [2.75, 3.05) is 26.7 Å². The second kappa shape index (κ2) is 8.62. The Labute approximate surface area is 160 Å². The Morgan fingerprint density at radius 3 is 2.31 bits per heavy atom. The summed E-state index contributed by atoms with van der Waals surface area (Å²) in [6.07, 6.45) is 0.707. The molecule has 1 atom stereocenters. The molecule has 144 valence electrons. The van der Waals surface area contributed by atoms with Crippen molar-refractivity contribution in [3.63, 3.8) is 0 Å². The quantitative estimate of drug-likeness (QED) is 0.718. The first-order chi connectivity index (χ1) is 12.2. The summed E-state index contributed by atoms with van der Waals surface area (Å²) in [5.74, 6) is 0. The van der Waals surface area contributed by atoms with Gasteiger partial charge in [-0.1, -0.05) is 23.7 Å². The third-order valence-electron chi connectivity index (χ3n) is 4.21. The van der Waals surface area contributed by atoms with Crippen molar-refractivity contribution in [1.29, 1.82) is 0 Å². The molecule has 0 saturated carbocycles. The molecule has 0 unspecified atom stereocenters. The van der Waals surface area contributed by atoms with Gasteiger partial charge in [0.15, 0.2) is 0 Å². The Balaban J connectivity index is 2.16. The highest BCUT2D eigenvalue weighted by molar-refractivity contribution is 6.30. The first-order valence-electron chi connectivity index (χ1n) is 8.79. The number of hydrogen-bond donors (Lipinski definition) is 0. The number of nitrogens with zero attached hydrogens (tertiary/aromatic N) is 2. The number of amides is 2. The van der Waals surface area contributed by atoms with Crippen LogP contribution in [0.5, 0.6) is 0 Å². The molecule has 1 heterocycles. The van der Waals surface area contributed by atoms with E-state index in [2.05, 4.69) is 0 Å². The van der Waals surface area contributed by atoms with Gasteiger partial charge < -0.3 is 14.4 Å². The van der Waals surface area contributed by atoms with Gasteiger partial charge in [-0.3, -0.25) is 4.90 Å². The highest BCUT2D eigenvalue weighted by Crippen LogP contribution is 2.29. The molecule has 0 bridgehead atoms. The molecule has 1 saturated heterocycles. The van der Waals surface area contributed by atoms with Crippen LogP contribution in [0.25, 0.3) is 0 Å². The third kappa shape index (κ3) is 5.53. The maximum absolute atomic E-state index is 12.4. The van der Waals surface area contributed by atoms with E-state index in [1.54, 1.807) is 9.80 Å². The number of methoxy groups -OCH3 is 1. The van der Waals surface area contributed by atoms with Gasteiger partial charge in [-0.25, -0.2) is 9.59 Å². The van der Waals surface area contributed by atoms with Crippen LogP contribution in [-0.2, 0) is 9.47 Å². The summed E-state index contributed by atoms with van der Waals surface area (Å²) >= 11 is 5.98. The fourth-order valence-corrected chi connectivity index (χ4v) is 3.13. The lowest BCUT2D eigenvalue weighted by atomic mass is 9.99. The zero-order chi connectivity index (χ0) is 19.3. The van der Waals surface area contributed by atoms with Crippen LogP contribution in [0.3, 0.4) is 0 Å². The van der Waals surface area contributed by atoms with Crippen LogP contribution >= 0.6 is 11.6 Å². The molecule has 26 heavy (non-hydrogen) atoms. The zero-order valence-corrected chi connectivity index (χ0v) is 16.6. The first kappa shape index (κ1) is 20.4. The third-order valence-corrected chi connectivity index (χ3v) is 4.46. The maximum Gasteiger partial charge on any atom is 0.410 e. The number of rotatable bonds is 1. The first-order valence-corrected chi connectivity index (χ1v) is 9.17. The average Bonchev–Trinajstić information content (AvgIpc) is 2.54. The van der Waals surface area contributed by atoms with Gasteiger partial charge in [-0.2, -0.15) is 0 Å². The van der Waals surface area contributed by atoms with E-state index in [0.29, 0.717) is 24.7 Å². The lowest BCUT2D eigenvalue weighted by Crippen LogP contribution is -2.46. The second-order valence-electron chi connectivity index (χ2n) is 7.34. The van der Waals surface area contributed by atoms with Crippen molar-refractivity contribution >= 4 is 23.8 Å². The fraction of sp³-hybridized carbons (Fsp3) is 0.579. The minimum absolute atomic E-state index is 0.111. The lowest BCUT2D eigenvalue weighted by Gasteiger charge is -2.36. The van der Waals surface area contributed by atoms with Gasteiger partial charge in [0, 0.05) is 24.7 Å². The van der Waals surface area contributed by atoms with Gasteiger partial charge in [0.2, 0.25) is 0 Å². The Morgan fingerprint density at radius 2 is 1.73 bits per heavy atom. The lowest BCUT2D eigenvalue weighted by molar-refractivity contribution is 0.0177. The van der Waals surface area contributed by atoms with Crippen molar-refractivity contribution in [1.82, 2.24) is 9.80 Å². The summed E-state index contributed by atoms with van der Waals surface area (Å²) in [5.41, 5.74) is 0.457. The molecule has 1 aromatic rings. The van der Waals surface area contributed by atoms with Crippen LogP contribution < -0.4 is 0 Å². The molecule has 2 rings (SSSR count). The Hall–Kier alpha value is -1.95. The molecule has 0 aromatic heterocycles. The predicted octanol–water partition coefficient (Wildman–Crippen LogP) is 4.48. The van der Waals surface area contributed by atoms with Crippen LogP contribution in [-0.4, -0.2) is 54.3 Å². The van der Waals surface area contributed by atoms with Crippen molar-refractivity contribution < 1.29 is 19.1 Å². The van der Waals surface area contributed by atoms with E-state index < -0.39 is 11.7 Å². The molecule has 0 spiro atoms. The molecule has 7 heteroatoms. The Morgan fingerprint density at radius 1 is 1.08 bits per heavy atom. The Kier molecular flexibility index (Phi) is 6.75. The molecular weight excluding hydrogens is 356 g/mol. The number of benzene rings is 1. The largest absolute Gasteiger partial charge is 0.453 e. The number of halogens is 1. The predicted molar refractivity (Wildman–Crippen MR) is 100 cm³/mol. The molecule has 1 aliphatic heterocycles. The normalized spacial score (nSPS) is 18.7. The van der Waals surface area contributed by atoms with Gasteiger partial charge in [0.25, 0.3) is 0 Å². The van der Waals surface area contributed by atoms with Crippen LogP contribution in [0.1, 0.15) is 45.2 Å². The number of carbonyl (C=O) groups is 2. The topological polar surface area (TPSA) is 59.1 Å². The minimum atomic E-state index is -0.548. The van der Waals surface area contributed by atoms with Crippen molar-refractivity contribution in [3.8, 4) is 0 Å². The summed E-state index contributed by atoms with van der Waals surface area (Å²) in [4.78, 5) is 28.0. The second-order valence-corrected chi connectivity index (χ2v) is 7.78. The van der Waals surface area contributed by atoms with E-state index in [0.717, 1.165) is 18.4 Å². The SMILES string of the molecule is COC(=O)N1CCN(C(=O)OC(C)(C)C)CCC[C@H]1c1ccc(Cl)cc1. The number of ether oxygens (including phenoxy) is 2. The van der Waals surface area contributed by atoms with Crippen LogP contribution in [0.4, 0.5) is 9.59 Å². The minimum Gasteiger partial charge on any atom is -0.453 e. The summed E-state index contributed by atoms with van der Waals surface area (Å²) in [6, 6.07) is 7.38. The smallest absolute Gasteiger partial charge is 0.410 e. The van der Waals surface area contributed by atoms with E-state index in [4.69, 9.17) is 21.1 Å². The van der Waals surface area contributed by atoms with E-state index in [-0.39, 0.29) is 12.1 Å². The van der Waals surface area contributed by atoms with Gasteiger partial charge in [0.05, 0.1) is 13.2 Å². The van der Waals surface area contributed by atoms with Crippen molar-refractivity contribution in [2.45, 2.75) is 45.3 Å². The molecule has 0 N–H and O–H groups in total. The van der Waals surface area contributed by atoms with Gasteiger partial charge in [-0.15, -0.1) is 0 Å².